The van der Waals surface area contributed by atoms with E-state index in [0.29, 0.717) is 29.5 Å². The molecule has 3 heteroatoms. The summed E-state index contributed by atoms with van der Waals surface area (Å²) in [4.78, 5) is 16.4. The highest BCUT2D eigenvalue weighted by molar-refractivity contribution is 7.11. The molecule has 2 atom stereocenters. The fourth-order valence-electron chi connectivity index (χ4n) is 4.73. The molecule has 0 saturated heterocycles. The molecule has 2 heterocycles. The van der Waals surface area contributed by atoms with Crippen LogP contribution in [0, 0.1) is 23.7 Å². The predicted molar refractivity (Wildman–Crippen MR) is 145 cm³/mol. The Bertz CT molecular complexity index is 796. The molecule has 0 aliphatic rings. The van der Waals surface area contributed by atoms with E-state index in [1.807, 2.05) is 22.7 Å². The van der Waals surface area contributed by atoms with Crippen molar-refractivity contribution in [2.75, 3.05) is 0 Å². The van der Waals surface area contributed by atoms with E-state index in [1.54, 1.807) is 0 Å². The normalized spacial score (nSPS) is 14.2. The maximum atomic E-state index is 13.8. The lowest BCUT2D eigenvalue weighted by molar-refractivity contribution is -0.121. The molecule has 0 fully saturated rings. The summed E-state index contributed by atoms with van der Waals surface area (Å²) < 4.78 is 0. The summed E-state index contributed by atoms with van der Waals surface area (Å²) in [6.45, 7) is 22.6. The Kier molecular flexibility index (Phi) is 10.2. The molecule has 0 spiro atoms. The summed E-state index contributed by atoms with van der Waals surface area (Å²) in [5, 5.41) is 4.66. The smallest absolute Gasteiger partial charge is 0.148 e. The maximum absolute atomic E-state index is 13.8. The third kappa shape index (κ3) is 7.03. The monoisotopic (exact) mass is 474 g/mol. The second-order valence-corrected chi connectivity index (χ2v) is 13.3. The molecular weight excluding hydrogens is 428 g/mol. The van der Waals surface area contributed by atoms with E-state index in [0.717, 1.165) is 25.7 Å². The molecule has 0 aliphatic carbocycles. The fraction of sp³-hybridized carbons (Fsp3) is 0.690. The van der Waals surface area contributed by atoms with E-state index in [2.05, 4.69) is 80.0 Å². The largest absolute Gasteiger partial charge is 0.298 e. The van der Waals surface area contributed by atoms with Gasteiger partial charge in [-0.25, -0.2) is 0 Å². The van der Waals surface area contributed by atoms with Gasteiger partial charge in [-0.3, -0.25) is 4.79 Å². The van der Waals surface area contributed by atoms with Gasteiger partial charge in [-0.2, -0.15) is 0 Å². The van der Waals surface area contributed by atoms with Crippen LogP contribution in [0.2, 0.25) is 0 Å². The van der Waals surface area contributed by atoms with Crippen LogP contribution in [-0.2, 0) is 30.5 Å². The minimum Gasteiger partial charge on any atom is -0.298 e. The van der Waals surface area contributed by atoms with Crippen molar-refractivity contribution in [1.29, 1.82) is 0 Å². The lowest BCUT2D eigenvalue weighted by Crippen LogP contribution is -2.18. The van der Waals surface area contributed by atoms with Crippen LogP contribution < -0.4 is 0 Å². The van der Waals surface area contributed by atoms with Gasteiger partial charge in [-0.1, -0.05) is 69.2 Å². The molecule has 0 radical (unpaired) electrons. The van der Waals surface area contributed by atoms with E-state index < -0.39 is 0 Å². The topological polar surface area (TPSA) is 17.1 Å². The van der Waals surface area contributed by atoms with Crippen LogP contribution in [-0.4, -0.2) is 5.78 Å². The molecule has 0 saturated carbocycles. The Morgan fingerprint density at radius 3 is 1.19 bits per heavy atom. The molecule has 0 aromatic carbocycles. The molecule has 180 valence electrons. The SMILES string of the molecule is CC(C)Cc1csc(C(C)C(=O)C(C)c2scc(CC(C)C)c2CC(C)C)c1CC(C)C. The molecule has 0 N–H and O–H groups in total. The zero-order valence-corrected chi connectivity index (χ0v) is 23.8. The molecule has 32 heavy (non-hydrogen) atoms. The van der Waals surface area contributed by atoms with Crippen molar-refractivity contribution < 1.29 is 4.79 Å². The first-order valence-corrected chi connectivity index (χ1v) is 14.4. The predicted octanol–water partition coefficient (Wildman–Crippen LogP) is 9.08. The molecule has 0 aliphatic heterocycles. The van der Waals surface area contributed by atoms with Crippen molar-refractivity contribution in [1.82, 2.24) is 0 Å². The van der Waals surface area contributed by atoms with Gasteiger partial charge in [0.2, 0.25) is 0 Å². The van der Waals surface area contributed by atoms with Gasteiger partial charge in [0.15, 0.2) is 0 Å². The summed E-state index contributed by atoms with van der Waals surface area (Å²) in [7, 11) is 0. The number of thiophene rings is 2. The standard InChI is InChI=1S/C29H46OS2/c1-17(2)11-23-15-31-28(25(23)13-19(5)6)21(9)27(30)22(10)29-26(14-20(7)8)24(16-32-29)12-18(3)4/h15-22H,11-14H2,1-10H3. The van der Waals surface area contributed by atoms with Gasteiger partial charge in [0.1, 0.15) is 5.78 Å². The van der Waals surface area contributed by atoms with Gasteiger partial charge in [-0.05, 0) is 82.4 Å². The van der Waals surface area contributed by atoms with E-state index in [1.165, 1.54) is 32.0 Å². The van der Waals surface area contributed by atoms with Crippen LogP contribution in [0.25, 0.3) is 0 Å². The first kappa shape index (κ1) is 27.3. The lowest BCUT2D eigenvalue weighted by atomic mass is 9.85. The van der Waals surface area contributed by atoms with Gasteiger partial charge in [0, 0.05) is 9.75 Å². The second kappa shape index (κ2) is 12.0. The summed E-state index contributed by atoms with van der Waals surface area (Å²) >= 11 is 3.64. The van der Waals surface area contributed by atoms with Crippen molar-refractivity contribution in [2.45, 2.75) is 107 Å². The first-order valence-electron chi connectivity index (χ1n) is 12.6. The third-order valence-electron chi connectivity index (χ3n) is 6.15. The van der Waals surface area contributed by atoms with Crippen molar-refractivity contribution >= 4 is 28.5 Å². The number of carbonyl (C=O) groups is 1. The molecule has 0 bridgehead atoms. The van der Waals surface area contributed by atoms with E-state index >= 15 is 0 Å². The Hall–Kier alpha value is -0.930. The quantitative estimate of drug-likeness (QED) is 0.300. The lowest BCUT2D eigenvalue weighted by Gasteiger charge is -2.20. The van der Waals surface area contributed by atoms with Gasteiger partial charge < -0.3 is 0 Å². The highest BCUT2D eigenvalue weighted by atomic mass is 32.1. The number of hydrogen-bond donors (Lipinski definition) is 0. The minimum absolute atomic E-state index is 0.0350. The third-order valence-corrected chi connectivity index (χ3v) is 8.66. The number of hydrogen-bond acceptors (Lipinski definition) is 3. The molecule has 2 aromatic rings. The minimum atomic E-state index is -0.0350. The Morgan fingerprint density at radius 1 is 0.594 bits per heavy atom. The number of ketones is 1. The van der Waals surface area contributed by atoms with Gasteiger partial charge >= 0.3 is 0 Å². The summed E-state index contributed by atoms with van der Waals surface area (Å²) in [5.41, 5.74) is 5.86. The van der Waals surface area contributed by atoms with Crippen molar-refractivity contribution in [3.8, 4) is 0 Å². The van der Waals surface area contributed by atoms with E-state index in [-0.39, 0.29) is 11.8 Å². The molecule has 2 aromatic heterocycles. The maximum Gasteiger partial charge on any atom is 0.148 e. The van der Waals surface area contributed by atoms with Crippen molar-refractivity contribution in [2.24, 2.45) is 23.7 Å². The van der Waals surface area contributed by atoms with E-state index in [9.17, 15) is 4.79 Å². The summed E-state index contributed by atoms with van der Waals surface area (Å²) in [6, 6.07) is 0. The van der Waals surface area contributed by atoms with Crippen LogP contribution in [0.4, 0.5) is 0 Å². The Balaban J connectivity index is 2.37. The van der Waals surface area contributed by atoms with Crippen LogP contribution in [0.1, 0.15) is 113 Å². The zero-order valence-electron chi connectivity index (χ0n) is 22.2. The van der Waals surface area contributed by atoms with Crippen LogP contribution in [0.5, 0.6) is 0 Å². The highest BCUT2D eigenvalue weighted by Crippen LogP contribution is 2.39. The second-order valence-electron chi connectivity index (χ2n) is 11.4. The fourth-order valence-corrected chi connectivity index (χ4v) is 7.10. The highest BCUT2D eigenvalue weighted by Gasteiger charge is 2.30. The summed E-state index contributed by atoms with van der Waals surface area (Å²) in [5.74, 6) is 2.79. The van der Waals surface area contributed by atoms with Crippen LogP contribution in [0.15, 0.2) is 10.8 Å². The number of Topliss-reactive ketones (excluding diaryl/α,β-unsaturated/α-hetero) is 1. The van der Waals surface area contributed by atoms with Crippen molar-refractivity contribution in [3.63, 3.8) is 0 Å². The molecular formula is C29H46OS2. The van der Waals surface area contributed by atoms with Gasteiger partial charge in [0.25, 0.3) is 0 Å². The number of carbonyl (C=O) groups excluding carboxylic acids is 1. The molecule has 2 rings (SSSR count). The van der Waals surface area contributed by atoms with Crippen LogP contribution in [0.3, 0.4) is 0 Å². The molecule has 2 unspecified atom stereocenters. The first-order chi connectivity index (χ1) is 14.9. The molecule has 1 nitrogen and oxygen atoms in total. The Labute approximate surface area is 206 Å². The molecule has 0 amide bonds. The van der Waals surface area contributed by atoms with E-state index in [4.69, 9.17) is 0 Å². The van der Waals surface area contributed by atoms with Crippen LogP contribution >= 0.6 is 22.7 Å². The Morgan fingerprint density at radius 2 is 0.906 bits per heavy atom. The number of rotatable bonds is 12. The zero-order chi connectivity index (χ0) is 24.2. The average Bonchev–Trinajstić information content (AvgIpc) is 3.23. The van der Waals surface area contributed by atoms with Gasteiger partial charge in [0.05, 0.1) is 11.8 Å². The average molecular weight is 475 g/mol. The summed E-state index contributed by atoms with van der Waals surface area (Å²) in [6.07, 6.45) is 4.36. The van der Waals surface area contributed by atoms with Gasteiger partial charge in [-0.15, -0.1) is 22.7 Å². The van der Waals surface area contributed by atoms with Crippen molar-refractivity contribution in [3.05, 3.63) is 42.8 Å².